The van der Waals surface area contributed by atoms with E-state index >= 15 is 0 Å². The number of rotatable bonds is 1. The Bertz CT molecular complexity index is 1240. The Hall–Kier alpha value is -3.75. The van der Waals surface area contributed by atoms with Gasteiger partial charge in [0.2, 0.25) is 11.9 Å². The molecule has 36 heavy (non-hydrogen) atoms. The van der Waals surface area contributed by atoms with Crippen molar-refractivity contribution in [2.45, 2.75) is 20.1 Å². The minimum absolute atomic E-state index is 0.127. The van der Waals surface area contributed by atoms with Crippen LogP contribution in [0.15, 0.2) is 66.9 Å². The third-order valence-electron chi connectivity index (χ3n) is 6.40. The van der Waals surface area contributed by atoms with E-state index in [0.717, 1.165) is 59.9 Å². The second-order valence-electron chi connectivity index (χ2n) is 8.93. The summed E-state index contributed by atoms with van der Waals surface area (Å²) in [6.45, 7) is 6.68. The first-order valence-electron chi connectivity index (χ1n) is 12.3. The lowest BCUT2D eigenvalue weighted by molar-refractivity contribution is -0.129. The van der Waals surface area contributed by atoms with Gasteiger partial charge in [0.1, 0.15) is 0 Å². The van der Waals surface area contributed by atoms with E-state index in [9.17, 15) is 4.79 Å². The molecule has 2 aromatic carbocycles. The molecule has 1 saturated heterocycles. The Morgan fingerprint density at radius 1 is 0.944 bits per heavy atom. The molecule has 186 valence electrons. The van der Waals surface area contributed by atoms with Crippen molar-refractivity contribution in [3.05, 3.63) is 78.0 Å². The number of benzene rings is 2. The average Bonchev–Trinajstić information content (AvgIpc) is 2.90. The molecule has 8 nitrogen and oxygen atoms in total. The number of hydrogen-bond acceptors (Lipinski definition) is 7. The summed E-state index contributed by atoms with van der Waals surface area (Å²) in [5, 5.41) is 3.36. The van der Waals surface area contributed by atoms with Crippen LogP contribution in [0.5, 0.6) is 0 Å². The van der Waals surface area contributed by atoms with Gasteiger partial charge in [-0.2, -0.15) is 0 Å². The Morgan fingerprint density at radius 2 is 1.75 bits per heavy atom. The topological polar surface area (TPSA) is 79.8 Å². The number of amides is 1. The largest absolute Gasteiger partial charge is 0.373 e. The van der Waals surface area contributed by atoms with Gasteiger partial charge in [-0.05, 0) is 35.9 Å². The zero-order chi connectivity index (χ0) is 24.7. The quantitative estimate of drug-likeness (QED) is 0.519. The zero-order valence-electron chi connectivity index (χ0n) is 20.5. The van der Waals surface area contributed by atoms with E-state index in [4.69, 9.17) is 14.5 Å². The summed E-state index contributed by atoms with van der Waals surface area (Å²) in [6.07, 6.45) is 5.75. The van der Waals surface area contributed by atoms with Crippen molar-refractivity contribution >= 4 is 23.2 Å². The summed E-state index contributed by atoms with van der Waals surface area (Å²) in [7, 11) is 0. The average molecular weight is 486 g/mol. The number of nitrogens with one attached hydrogen (secondary N) is 1. The molecule has 1 aromatic heterocycles. The van der Waals surface area contributed by atoms with E-state index in [1.165, 1.54) is 0 Å². The van der Waals surface area contributed by atoms with Crippen LogP contribution in [0.2, 0.25) is 0 Å². The van der Waals surface area contributed by atoms with Crippen molar-refractivity contribution < 1.29 is 14.3 Å². The maximum atomic E-state index is 11.7. The monoisotopic (exact) mass is 485 g/mol. The van der Waals surface area contributed by atoms with Gasteiger partial charge in [-0.25, -0.2) is 9.97 Å². The summed E-state index contributed by atoms with van der Waals surface area (Å²) in [5.41, 5.74) is 6.06. The Balaban J connectivity index is 1.43. The molecular formula is C28H31N5O3. The number of piperazine rings is 1. The van der Waals surface area contributed by atoms with Gasteiger partial charge < -0.3 is 24.6 Å². The van der Waals surface area contributed by atoms with E-state index < -0.39 is 0 Å². The molecule has 3 heterocycles. The van der Waals surface area contributed by atoms with Crippen LogP contribution >= 0.6 is 0 Å². The maximum absolute atomic E-state index is 11.7. The van der Waals surface area contributed by atoms with Crippen molar-refractivity contribution in [1.82, 2.24) is 14.9 Å². The van der Waals surface area contributed by atoms with Crippen molar-refractivity contribution in [2.24, 2.45) is 0 Å². The maximum Gasteiger partial charge on any atom is 0.227 e. The molecule has 1 amide bonds. The number of carbonyl (C=O) groups is 1. The molecule has 1 fully saturated rings. The van der Waals surface area contributed by atoms with E-state index in [0.29, 0.717) is 32.4 Å². The van der Waals surface area contributed by atoms with Gasteiger partial charge in [-0.1, -0.05) is 30.4 Å². The van der Waals surface area contributed by atoms with Gasteiger partial charge in [0.15, 0.2) is 0 Å². The molecule has 2 aliphatic rings. The lowest BCUT2D eigenvalue weighted by atomic mass is 10.1. The highest BCUT2D eigenvalue weighted by molar-refractivity contribution is 5.74. The fourth-order valence-electron chi connectivity index (χ4n) is 4.50. The number of ether oxygens (including phenoxy) is 2. The highest BCUT2D eigenvalue weighted by Gasteiger charge is 2.21. The first-order chi connectivity index (χ1) is 17.7. The SMILES string of the molecule is CC(=O)N1CCN(c2ccc3cc2COC/C=C/COCc2cccc(c2)-c2ccnc(n2)N3)CC1. The molecule has 2 aliphatic heterocycles. The van der Waals surface area contributed by atoms with Crippen LogP contribution in [-0.2, 0) is 27.5 Å². The lowest BCUT2D eigenvalue weighted by Crippen LogP contribution is -2.48. The van der Waals surface area contributed by atoms with Crippen LogP contribution in [0.4, 0.5) is 17.3 Å². The molecule has 8 heteroatoms. The van der Waals surface area contributed by atoms with E-state index in [1.807, 2.05) is 41.3 Å². The second-order valence-corrected chi connectivity index (χ2v) is 8.93. The molecule has 6 bridgehead atoms. The van der Waals surface area contributed by atoms with E-state index in [1.54, 1.807) is 13.1 Å². The molecule has 0 unspecified atom stereocenters. The Labute approximate surface area is 211 Å². The normalized spacial score (nSPS) is 17.5. The highest BCUT2D eigenvalue weighted by atomic mass is 16.5. The third-order valence-corrected chi connectivity index (χ3v) is 6.40. The summed E-state index contributed by atoms with van der Waals surface area (Å²) in [5.74, 6) is 0.662. The van der Waals surface area contributed by atoms with Crippen LogP contribution in [0.25, 0.3) is 11.3 Å². The number of nitrogens with zero attached hydrogens (tertiary/aromatic N) is 4. The Morgan fingerprint density at radius 3 is 2.56 bits per heavy atom. The van der Waals surface area contributed by atoms with Crippen LogP contribution in [0.1, 0.15) is 18.1 Å². The molecule has 0 radical (unpaired) electrons. The smallest absolute Gasteiger partial charge is 0.227 e. The minimum atomic E-state index is 0.127. The number of anilines is 3. The van der Waals surface area contributed by atoms with Crippen molar-refractivity contribution in [2.75, 3.05) is 49.6 Å². The summed E-state index contributed by atoms with van der Waals surface area (Å²) in [4.78, 5) is 25.1. The highest BCUT2D eigenvalue weighted by Crippen LogP contribution is 2.28. The molecule has 0 aliphatic carbocycles. The van der Waals surface area contributed by atoms with Crippen LogP contribution in [0.3, 0.4) is 0 Å². The van der Waals surface area contributed by atoms with Crippen LogP contribution in [-0.4, -0.2) is 60.2 Å². The predicted molar refractivity (Wildman–Crippen MR) is 140 cm³/mol. The number of aromatic nitrogens is 2. The third kappa shape index (κ3) is 5.90. The van der Waals surface area contributed by atoms with Crippen LogP contribution in [0, 0.1) is 0 Å². The molecule has 5 rings (SSSR count). The fourth-order valence-corrected chi connectivity index (χ4v) is 4.50. The first kappa shape index (κ1) is 24.0. The van der Waals surface area contributed by atoms with Gasteiger partial charge >= 0.3 is 0 Å². The van der Waals surface area contributed by atoms with Crippen LogP contribution < -0.4 is 10.2 Å². The van der Waals surface area contributed by atoms with Gasteiger partial charge in [0, 0.05) is 61.8 Å². The predicted octanol–water partition coefficient (Wildman–Crippen LogP) is 4.16. The molecule has 0 saturated carbocycles. The van der Waals surface area contributed by atoms with Gasteiger partial charge in [0.05, 0.1) is 32.1 Å². The standard InChI is InChI=1S/C28H31N5O3/c1-21(34)32-11-13-33(14-12-32)27-8-7-25-18-24(27)20-36-16-3-2-15-35-19-22-5-4-6-23(17-22)26-9-10-29-28(30-25)31-26/h2-10,17-18H,11-16,19-20H2,1H3,(H,29,30,31)/b3-2+. The molecule has 3 aromatic rings. The number of carbonyl (C=O) groups excluding carboxylic acids is 1. The molecule has 0 atom stereocenters. The van der Waals surface area contributed by atoms with Gasteiger partial charge in [0.25, 0.3) is 0 Å². The fraction of sp³-hybridized carbons (Fsp3) is 0.321. The van der Waals surface area contributed by atoms with Gasteiger partial charge in [-0.15, -0.1) is 0 Å². The van der Waals surface area contributed by atoms with Crippen molar-refractivity contribution in [3.63, 3.8) is 0 Å². The van der Waals surface area contributed by atoms with Gasteiger partial charge in [-0.3, -0.25) is 4.79 Å². The first-order valence-corrected chi connectivity index (χ1v) is 12.3. The minimum Gasteiger partial charge on any atom is -0.373 e. The zero-order valence-corrected chi connectivity index (χ0v) is 20.5. The lowest BCUT2D eigenvalue weighted by Gasteiger charge is -2.36. The second kappa shape index (κ2) is 11.3. The van der Waals surface area contributed by atoms with Crippen molar-refractivity contribution in [3.8, 4) is 11.3 Å². The summed E-state index contributed by atoms with van der Waals surface area (Å²) in [6, 6.07) is 16.4. The molecular weight excluding hydrogens is 454 g/mol. The molecule has 1 N–H and O–H groups in total. The summed E-state index contributed by atoms with van der Waals surface area (Å²) >= 11 is 0. The number of fused-ring (bicyclic) bond motifs is 7. The Kier molecular flexibility index (Phi) is 7.54. The number of hydrogen-bond donors (Lipinski definition) is 1. The van der Waals surface area contributed by atoms with E-state index in [-0.39, 0.29) is 5.91 Å². The van der Waals surface area contributed by atoms with Crippen molar-refractivity contribution in [1.29, 1.82) is 0 Å². The summed E-state index contributed by atoms with van der Waals surface area (Å²) < 4.78 is 11.8. The molecule has 0 spiro atoms. The van der Waals surface area contributed by atoms with E-state index in [2.05, 4.69) is 39.5 Å².